The number of anilines is 1. The van der Waals surface area contributed by atoms with Crippen LogP contribution in [0, 0.1) is 24.1 Å². The number of amides is 2. The van der Waals surface area contributed by atoms with Crippen LogP contribution in [0.4, 0.5) is 10.1 Å². The van der Waals surface area contributed by atoms with E-state index >= 15 is 0 Å². The Labute approximate surface area is 166 Å². The molecule has 2 aromatic carbocycles. The van der Waals surface area contributed by atoms with Crippen molar-refractivity contribution in [3.05, 3.63) is 76.1 Å². The fourth-order valence-corrected chi connectivity index (χ4v) is 3.78. The lowest BCUT2D eigenvalue weighted by atomic mass is 9.87. The van der Waals surface area contributed by atoms with Crippen LogP contribution < -0.4 is 10.6 Å². The number of nitriles is 1. The summed E-state index contributed by atoms with van der Waals surface area (Å²) in [5.74, 6) is -1.57. The van der Waals surface area contributed by atoms with Crippen LogP contribution in [0.2, 0.25) is 0 Å². The summed E-state index contributed by atoms with van der Waals surface area (Å²) in [6, 6.07) is 15.7. The van der Waals surface area contributed by atoms with E-state index in [1.54, 1.807) is 6.07 Å². The Hall–Kier alpha value is -3.11. The highest BCUT2D eigenvalue weighted by molar-refractivity contribution is 8.03. The molecular weight excluding hydrogens is 377 g/mol. The molecule has 0 saturated heterocycles. The first-order valence-electron chi connectivity index (χ1n) is 8.66. The number of allylic oxidation sites excluding steroid dienone is 1. The van der Waals surface area contributed by atoms with E-state index in [1.165, 1.54) is 18.2 Å². The zero-order chi connectivity index (χ0) is 20.1. The van der Waals surface area contributed by atoms with Gasteiger partial charge in [-0.15, -0.1) is 0 Å². The van der Waals surface area contributed by atoms with Gasteiger partial charge in [0.15, 0.2) is 0 Å². The van der Waals surface area contributed by atoms with E-state index in [-0.39, 0.29) is 29.7 Å². The van der Waals surface area contributed by atoms with Gasteiger partial charge in [0.25, 0.3) is 0 Å². The van der Waals surface area contributed by atoms with Crippen LogP contribution >= 0.6 is 11.8 Å². The number of aryl methyl sites for hydroxylation is 1. The molecule has 2 N–H and O–H groups in total. The Balaban J connectivity index is 1.76. The number of carbonyl (C=O) groups excluding carboxylic acids is 2. The first-order valence-corrected chi connectivity index (χ1v) is 9.64. The van der Waals surface area contributed by atoms with Crippen molar-refractivity contribution in [1.29, 1.82) is 5.26 Å². The van der Waals surface area contributed by atoms with Gasteiger partial charge in [0.1, 0.15) is 5.82 Å². The molecule has 7 heteroatoms. The van der Waals surface area contributed by atoms with Crippen molar-refractivity contribution in [2.45, 2.75) is 19.3 Å². The van der Waals surface area contributed by atoms with Crippen LogP contribution in [0.25, 0.3) is 0 Å². The van der Waals surface area contributed by atoms with E-state index in [2.05, 4.69) is 16.7 Å². The van der Waals surface area contributed by atoms with Crippen LogP contribution in [0.1, 0.15) is 23.5 Å². The maximum Gasteiger partial charge on any atom is 0.234 e. The topological polar surface area (TPSA) is 82.0 Å². The molecule has 3 rings (SSSR count). The third kappa shape index (κ3) is 4.59. The fourth-order valence-electron chi connectivity index (χ4n) is 2.90. The first-order chi connectivity index (χ1) is 13.5. The lowest BCUT2D eigenvalue weighted by molar-refractivity contribution is -0.121. The van der Waals surface area contributed by atoms with Gasteiger partial charge in [0.05, 0.1) is 28.1 Å². The van der Waals surface area contributed by atoms with Crippen molar-refractivity contribution in [3.8, 4) is 6.07 Å². The van der Waals surface area contributed by atoms with Gasteiger partial charge in [-0.1, -0.05) is 53.7 Å². The average Bonchev–Trinajstić information content (AvgIpc) is 2.68. The highest BCUT2D eigenvalue weighted by Crippen LogP contribution is 2.36. The van der Waals surface area contributed by atoms with Gasteiger partial charge >= 0.3 is 0 Å². The van der Waals surface area contributed by atoms with Crippen LogP contribution in [0.5, 0.6) is 0 Å². The van der Waals surface area contributed by atoms with Crippen LogP contribution in [-0.4, -0.2) is 17.6 Å². The quantitative estimate of drug-likeness (QED) is 0.806. The number of carbonyl (C=O) groups is 2. The van der Waals surface area contributed by atoms with Gasteiger partial charge in [-0.3, -0.25) is 9.59 Å². The first kappa shape index (κ1) is 19.6. The van der Waals surface area contributed by atoms with Gasteiger partial charge in [0.2, 0.25) is 11.8 Å². The van der Waals surface area contributed by atoms with Crippen LogP contribution in [-0.2, 0) is 9.59 Å². The van der Waals surface area contributed by atoms with Gasteiger partial charge in [0, 0.05) is 12.3 Å². The summed E-state index contributed by atoms with van der Waals surface area (Å²) in [5, 5.41) is 15.2. The maximum absolute atomic E-state index is 13.6. The molecule has 0 aromatic heterocycles. The molecule has 1 atom stereocenters. The van der Waals surface area contributed by atoms with Gasteiger partial charge in [-0.05, 0) is 24.6 Å². The Kier molecular flexibility index (Phi) is 6.12. The van der Waals surface area contributed by atoms with Crippen molar-refractivity contribution in [2.24, 2.45) is 0 Å². The SMILES string of the molecule is Cc1ccc([C@H]2CC(=O)NC(SCC(=O)Nc3ccccc3F)=C2C#N)cc1. The molecule has 28 heavy (non-hydrogen) atoms. The number of hydrogen-bond acceptors (Lipinski definition) is 4. The molecule has 2 amide bonds. The number of para-hydroxylation sites is 1. The number of hydrogen-bond donors (Lipinski definition) is 2. The second-order valence-corrected chi connectivity index (χ2v) is 7.37. The molecule has 142 valence electrons. The standard InChI is InChI=1S/C21H18FN3O2S/c1-13-6-8-14(9-7-13)15-10-19(26)25-21(16(15)11-23)28-12-20(27)24-18-5-3-2-4-17(18)22/h2-9,15H,10,12H2,1H3,(H,24,27)(H,25,26)/t15-/m1/s1. The van der Waals surface area contributed by atoms with Crippen molar-refractivity contribution in [2.75, 3.05) is 11.1 Å². The lowest BCUT2D eigenvalue weighted by Gasteiger charge is -2.25. The highest BCUT2D eigenvalue weighted by Gasteiger charge is 2.29. The minimum atomic E-state index is -0.525. The molecule has 1 aliphatic rings. The average molecular weight is 395 g/mol. The Morgan fingerprint density at radius 2 is 2.00 bits per heavy atom. The Bertz CT molecular complexity index is 980. The molecule has 0 aliphatic carbocycles. The summed E-state index contributed by atoms with van der Waals surface area (Å²) in [7, 11) is 0. The summed E-state index contributed by atoms with van der Waals surface area (Å²) in [4.78, 5) is 24.3. The van der Waals surface area contributed by atoms with Crippen molar-refractivity contribution < 1.29 is 14.0 Å². The molecule has 0 bridgehead atoms. The molecule has 0 fully saturated rings. The highest BCUT2D eigenvalue weighted by atomic mass is 32.2. The molecule has 1 heterocycles. The largest absolute Gasteiger partial charge is 0.323 e. The van der Waals surface area contributed by atoms with E-state index in [0.29, 0.717) is 10.6 Å². The van der Waals surface area contributed by atoms with Crippen molar-refractivity contribution in [1.82, 2.24) is 5.32 Å². The third-order valence-electron chi connectivity index (χ3n) is 4.33. The number of benzene rings is 2. The fraction of sp³-hybridized carbons (Fsp3) is 0.190. The molecule has 0 saturated carbocycles. The minimum absolute atomic E-state index is 0.0598. The molecule has 1 aliphatic heterocycles. The number of nitrogens with one attached hydrogen (secondary N) is 2. The molecule has 5 nitrogen and oxygen atoms in total. The van der Waals surface area contributed by atoms with E-state index in [4.69, 9.17) is 0 Å². The second-order valence-electron chi connectivity index (χ2n) is 6.39. The zero-order valence-corrected chi connectivity index (χ0v) is 16.0. The number of halogens is 1. The van der Waals surface area contributed by atoms with Gasteiger partial charge in [-0.25, -0.2) is 4.39 Å². The lowest BCUT2D eigenvalue weighted by Crippen LogP contribution is -2.31. The summed E-state index contributed by atoms with van der Waals surface area (Å²) < 4.78 is 13.6. The van der Waals surface area contributed by atoms with Crippen molar-refractivity contribution in [3.63, 3.8) is 0 Å². The van der Waals surface area contributed by atoms with Gasteiger partial charge in [-0.2, -0.15) is 5.26 Å². The summed E-state index contributed by atoms with van der Waals surface area (Å²) in [6.45, 7) is 1.97. The summed E-state index contributed by atoms with van der Waals surface area (Å²) >= 11 is 1.06. The van der Waals surface area contributed by atoms with E-state index in [0.717, 1.165) is 22.9 Å². The molecular formula is C21H18FN3O2S. The van der Waals surface area contributed by atoms with E-state index < -0.39 is 11.7 Å². The maximum atomic E-state index is 13.6. The summed E-state index contributed by atoms with van der Waals surface area (Å²) in [6.07, 6.45) is 0.178. The second kappa shape index (κ2) is 8.72. The number of rotatable bonds is 5. The number of nitrogens with zero attached hydrogens (tertiary/aromatic N) is 1. The normalized spacial score (nSPS) is 16.3. The third-order valence-corrected chi connectivity index (χ3v) is 5.35. The molecule has 0 radical (unpaired) electrons. The zero-order valence-electron chi connectivity index (χ0n) is 15.2. The monoisotopic (exact) mass is 395 g/mol. The summed E-state index contributed by atoms with van der Waals surface area (Å²) in [5.41, 5.74) is 2.48. The molecule has 0 spiro atoms. The predicted molar refractivity (Wildman–Crippen MR) is 107 cm³/mol. The van der Waals surface area contributed by atoms with Crippen LogP contribution in [0.15, 0.2) is 59.1 Å². The number of thioether (sulfide) groups is 1. The molecule has 2 aromatic rings. The minimum Gasteiger partial charge on any atom is -0.323 e. The molecule has 0 unspecified atom stereocenters. The van der Waals surface area contributed by atoms with E-state index in [1.807, 2.05) is 31.2 Å². The smallest absolute Gasteiger partial charge is 0.234 e. The Morgan fingerprint density at radius 1 is 1.29 bits per heavy atom. The van der Waals surface area contributed by atoms with Crippen LogP contribution in [0.3, 0.4) is 0 Å². The predicted octanol–water partition coefficient (Wildman–Crippen LogP) is 3.84. The Morgan fingerprint density at radius 3 is 2.68 bits per heavy atom. The van der Waals surface area contributed by atoms with Gasteiger partial charge < -0.3 is 10.6 Å². The van der Waals surface area contributed by atoms with E-state index in [9.17, 15) is 19.2 Å². The van der Waals surface area contributed by atoms with Crippen molar-refractivity contribution >= 4 is 29.3 Å².